The Labute approximate surface area is 112 Å². The van der Waals surface area contributed by atoms with Gasteiger partial charge in [-0.25, -0.2) is 4.79 Å². The van der Waals surface area contributed by atoms with E-state index in [0.717, 1.165) is 11.1 Å². The van der Waals surface area contributed by atoms with Crippen molar-refractivity contribution >= 4 is 11.9 Å². The molecule has 1 aromatic carbocycles. The largest absolute Gasteiger partial charge is 0.479 e. The Balaban J connectivity index is 2.97. The van der Waals surface area contributed by atoms with Crippen molar-refractivity contribution in [2.24, 2.45) is 0 Å². The highest BCUT2D eigenvalue weighted by molar-refractivity contribution is 5.98. The van der Waals surface area contributed by atoms with Gasteiger partial charge >= 0.3 is 5.97 Å². The summed E-state index contributed by atoms with van der Waals surface area (Å²) in [6.07, 6.45) is 0. The zero-order valence-corrected chi connectivity index (χ0v) is 11.6. The summed E-state index contributed by atoms with van der Waals surface area (Å²) < 4.78 is 4.86. The van der Waals surface area contributed by atoms with Crippen LogP contribution in [0, 0.1) is 13.8 Å². The summed E-state index contributed by atoms with van der Waals surface area (Å²) in [4.78, 5) is 23.3. The fourth-order valence-electron chi connectivity index (χ4n) is 1.87. The second-order valence-corrected chi connectivity index (χ2v) is 4.90. The first-order chi connectivity index (χ1) is 8.78. The molecule has 0 spiro atoms. The molecule has 0 bridgehead atoms. The summed E-state index contributed by atoms with van der Waals surface area (Å²) in [5, 5.41) is 11.7. The predicted molar refractivity (Wildman–Crippen MR) is 71.3 cm³/mol. The normalized spacial score (nSPS) is 13.7. The summed E-state index contributed by atoms with van der Waals surface area (Å²) in [5.74, 6) is -1.55. The van der Waals surface area contributed by atoms with Crippen molar-refractivity contribution in [3.05, 3.63) is 34.9 Å². The lowest BCUT2D eigenvalue weighted by Crippen LogP contribution is -2.55. The Morgan fingerprint density at radius 3 is 2.21 bits per heavy atom. The van der Waals surface area contributed by atoms with Crippen LogP contribution in [0.1, 0.15) is 28.4 Å². The highest BCUT2D eigenvalue weighted by atomic mass is 16.5. The zero-order chi connectivity index (χ0) is 14.6. The summed E-state index contributed by atoms with van der Waals surface area (Å²) in [5.41, 5.74) is 0.910. The molecular weight excluding hydrogens is 246 g/mol. The van der Waals surface area contributed by atoms with Gasteiger partial charge in [0.25, 0.3) is 5.91 Å². The van der Waals surface area contributed by atoms with E-state index < -0.39 is 17.4 Å². The van der Waals surface area contributed by atoms with Gasteiger partial charge in [-0.1, -0.05) is 17.2 Å². The second-order valence-electron chi connectivity index (χ2n) is 4.90. The molecule has 1 aromatic rings. The van der Waals surface area contributed by atoms with E-state index in [4.69, 9.17) is 4.74 Å². The van der Waals surface area contributed by atoms with Gasteiger partial charge in [-0.15, -0.1) is 0 Å². The van der Waals surface area contributed by atoms with E-state index in [-0.39, 0.29) is 6.61 Å². The number of benzene rings is 1. The summed E-state index contributed by atoms with van der Waals surface area (Å²) in [7, 11) is 1.39. The molecule has 0 saturated carbocycles. The van der Waals surface area contributed by atoms with E-state index in [1.165, 1.54) is 14.0 Å². The minimum Gasteiger partial charge on any atom is -0.479 e. The fourth-order valence-corrected chi connectivity index (χ4v) is 1.87. The van der Waals surface area contributed by atoms with E-state index in [2.05, 4.69) is 5.32 Å². The van der Waals surface area contributed by atoms with Crippen molar-refractivity contribution in [1.82, 2.24) is 5.32 Å². The molecule has 0 radical (unpaired) electrons. The number of methoxy groups -OCH3 is 1. The van der Waals surface area contributed by atoms with E-state index >= 15 is 0 Å². The Kier molecular flexibility index (Phi) is 4.67. The Bertz CT molecular complexity index is 478. The first-order valence-corrected chi connectivity index (χ1v) is 5.91. The van der Waals surface area contributed by atoms with Gasteiger partial charge < -0.3 is 15.2 Å². The number of aliphatic carboxylic acids is 1. The van der Waals surface area contributed by atoms with Gasteiger partial charge in [-0.05, 0) is 32.9 Å². The number of rotatable bonds is 5. The lowest BCUT2D eigenvalue weighted by atomic mass is 10.0. The van der Waals surface area contributed by atoms with Gasteiger partial charge in [-0.2, -0.15) is 0 Å². The van der Waals surface area contributed by atoms with Crippen LogP contribution in [0.5, 0.6) is 0 Å². The monoisotopic (exact) mass is 265 g/mol. The van der Waals surface area contributed by atoms with Crippen LogP contribution in [-0.2, 0) is 9.53 Å². The second kappa shape index (κ2) is 5.84. The average Bonchev–Trinajstić information content (AvgIpc) is 2.27. The number of hydrogen-bond acceptors (Lipinski definition) is 3. The van der Waals surface area contributed by atoms with Gasteiger partial charge in [0, 0.05) is 12.7 Å². The summed E-state index contributed by atoms with van der Waals surface area (Å²) >= 11 is 0. The van der Waals surface area contributed by atoms with Gasteiger partial charge in [0.2, 0.25) is 0 Å². The Hall–Kier alpha value is -1.88. The number of hydrogen-bond donors (Lipinski definition) is 2. The number of carbonyl (C=O) groups is 2. The van der Waals surface area contributed by atoms with Crippen LogP contribution in [0.25, 0.3) is 0 Å². The van der Waals surface area contributed by atoms with Crippen LogP contribution in [0.4, 0.5) is 0 Å². The van der Waals surface area contributed by atoms with Crippen molar-refractivity contribution in [3.8, 4) is 0 Å². The molecule has 2 N–H and O–H groups in total. The summed E-state index contributed by atoms with van der Waals surface area (Å²) in [6, 6.07) is 5.39. The number of carboxylic acids is 1. The van der Waals surface area contributed by atoms with Crippen molar-refractivity contribution in [3.63, 3.8) is 0 Å². The maximum absolute atomic E-state index is 12.1. The molecule has 1 atom stereocenters. The first kappa shape index (κ1) is 15.2. The molecular formula is C14H19NO4. The van der Waals surface area contributed by atoms with Crippen LogP contribution >= 0.6 is 0 Å². The Morgan fingerprint density at radius 1 is 1.26 bits per heavy atom. The SMILES string of the molecule is COCC(C)(NC(=O)c1cc(C)cc(C)c1)C(=O)O. The zero-order valence-electron chi connectivity index (χ0n) is 11.6. The van der Waals surface area contributed by atoms with Gasteiger partial charge in [0.1, 0.15) is 0 Å². The minimum atomic E-state index is -1.44. The van der Waals surface area contributed by atoms with Gasteiger partial charge in [0.05, 0.1) is 6.61 Å². The van der Waals surface area contributed by atoms with Crippen LogP contribution in [0.2, 0.25) is 0 Å². The first-order valence-electron chi connectivity index (χ1n) is 5.91. The van der Waals surface area contributed by atoms with Crippen molar-refractivity contribution in [1.29, 1.82) is 0 Å². The molecule has 0 heterocycles. The standard InChI is InChI=1S/C14H19NO4/c1-9-5-10(2)7-11(6-9)12(16)15-14(3,8-19-4)13(17)18/h5-7H,8H2,1-4H3,(H,15,16)(H,17,18). The smallest absolute Gasteiger partial charge is 0.331 e. The maximum Gasteiger partial charge on any atom is 0.331 e. The lowest BCUT2D eigenvalue weighted by Gasteiger charge is -2.25. The van der Waals surface area contributed by atoms with Crippen LogP contribution < -0.4 is 5.32 Å². The molecule has 5 heteroatoms. The minimum absolute atomic E-state index is 0.0983. The Morgan fingerprint density at radius 2 is 1.79 bits per heavy atom. The number of amides is 1. The molecule has 104 valence electrons. The van der Waals surface area contributed by atoms with E-state index in [1.807, 2.05) is 19.9 Å². The molecule has 5 nitrogen and oxygen atoms in total. The fraction of sp³-hybridized carbons (Fsp3) is 0.429. The number of carboxylic acid groups (broad SMARTS) is 1. The molecule has 0 aromatic heterocycles. The molecule has 0 aliphatic carbocycles. The molecule has 0 saturated heterocycles. The number of carbonyl (C=O) groups excluding carboxylic acids is 1. The van der Waals surface area contributed by atoms with Crippen LogP contribution in [-0.4, -0.2) is 36.2 Å². The van der Waals surface area contributed by atoms with Gasteiger partial charge in [0.15, 0.2) is 5.54 Å². The van der Waals surface area contributed by atoms with Crippen LogP contribution in [0.15, 0.2) is 18.2 Å². The number of ether oxygens (including phenoxy) is 1. The molecule has 0 aliphatic heterocycles. The average molecular weight is 265 g/mol. The third kappa shape index (κ3) is 3.79. The van der Waals surface area contributed by atoms with Crippen molar-refractivity contribution < 1.29 is 19.4 Å². The van der Waals surface area contributed by atoms with E-state index in [9.17, 15) is 14.7 Å². The van der Waals surface area contributed by atoms with E-state index in [0.29, 0.717) is 5.56 Å². The maximum atomic E-state index is 12.1. The van der Waals surface area contributed by atoms with E-state index in [1.54, 1.807) is 12.1 Å². The summed E-state index contributed by atoms with van der Waals surface area (Å²) in [6.45, 7) is 5.09. The third-order valence-corrected chi connectivity index (χ3v) is 2.78. The molecule has 1 amide bonds. The van der Waals surface area contributed by atoms with Crippen molar-refractivity contribution in [2.75, 3.05) is 13.7 Å². The van der Waals surface area contributed by atoms with Gasteiger partial charge in [-0.3, -0.25) is 4.79 Å². The molecule has 19 heavy (non-hydrogen) atoms. The quantitative estimate of drug-likeness (QED) is 0.846. The molecule has 1 rings (SSSR count). The topological polar surface area (TPSA) is 75.6 Å². The molecule has 0 aliphatic rings. The van der Waals surface area contributed by atoms with Crippen molar-refractivity contribution in [2.45, 2.75) is 26.3 Å². The number of nitrogens with one attached hydrogen (secondary N) is 1. The molecule has 1 unspecified atom stereocenters. The predicted octanol–water partition coefficient (Wildman–Crippen LogP) is 1.52. The highest BCUT2D eigenvalue weighted by Gasteiger charge is 2.35. The molecule has 0 fully saturated rings. The van der Waals surface area contributed by atoms with Crippen LogP contribution in [0.3, 0.4) is 0 Å². The highest BCUT2D eigenvalue weighted by Crippen LogP contribution is 2.11. The number of aryl methyl sites for hydroxylation is 2. The lowest BCUT2D eigenvalue weighted by molar-refractivity contribution is -0.145. The third-order valence-electron chi connectivity index (χ3n) is 2.78.